The molecule has 0 saturated carbocycles. The smallest absolute Gasteiger partial charge is 0.243 e. The van der Waals surface area contributed by atoms with Gasteiger partial charge in [-0.25, -0.2) is 13.4 Å². The van der Waals surface area contributed by atoms with Crippen LogP contribution in [0.2, 0.25) is 5.15 Å². The van der Waals surface area contributed by atoms with Gasteiger partial charge in [-0.05, 0) is 12.1 Å². The predicted molar refractivity (Wildman–Crippen MR) is 57.1 cm³/mol. The largest absolute Gasteiger partial charge is 0.244 e. The van der Waals surface area contributed by atoms with Gasteiger partial charge in [-0.15, -0.1) is 0 Å². The highest BCUT2D eigenvalue weighted by Gasteiger charge is 2.24. The van der Waals surface area contributed by atoms with Crippen LogP contribution in [0.3, 0.4) is 0 Å². The second-order valence-electron chi connectivity index (χ2n) is 3.11. The molecule has 0 radical (unpaired) electrons. The van der Waals surface area contributed by atoms with Crippen LogP contribution >= 0.6 is 11.6 Å². The molecule has 0 amide bonds. The van der Waals surface area contributed by atoms with Crippen molar-refractivity contribution in [3.8, 4) is 0 Å². The van der Waals surface area contributed by atoms with Crippen molar-refractivity contribution in [1.82, 2.24) is 9.29 Å². The van der Waals surface area contributed by atoms with E-state index in [2.05, 4.69) is 4.98 Å². The molecule has 0 aliphatic carbocycles. The van der Waals surface area contributed by atoms with Crippen LogP contribution in [0.1, 0.15) is 0 Å². The van der Waals surface area contributed by atoms with Crippen LogP contribution in [0.5, 0.6) is 0 Å². The van der Waals surface area contributed by atoms with E-state index in [9.17, 15) is 8.42 Å². The lowest BCUT2D eigenvalue weighted by Gasteiger charge is -2.15. The summed E-state index contributed by atoms with van der Waals surface area (Å²) in [6.45, 7) is 0.838. The monoisotopic (exact) mass is 244 g/mol. The Balaban J connectivity index is 2.37. The van der Waals surface area contributed by atoms with Gasteiger partial charge in [0.15, 0.2) is 0 Å². The summed E-state index contributed by atoms with van der Waals surface area (Å²) < 4.78 is 25.3. The van der Waals surface area contributed by atoms with Gasteiger partial charge in [0.25, 0.3) is 0 Å². The van der Waals surface area contributed by atoms with Crippen molar-refractivity contribution in [2.75, 3.05) is 13.1 Å². The van der Waals surface area contributed by atoms with E-state index in [4.69, 9.17) is 11.6 Å². The first-order chi connectivity index (χ1) is 7.10. The molecule has 15 heavy (non-hydrogen) atoms. The first-order valence-corrected chi connectivity index (χ1v) is 6.19. The zero-order chi connectivity index (χ0) is 10.9. The molecule has 0 N–H and O–H groups in total. The Kier molecular flexibility index (Phi) is 2.77. The highest BCUT2D eigenvalue weighted by atomic mass is 35.5. The van der Waals surface area contributed by atoms with E-state index < -0.39 is 10.0 Å². The molecule has 0 saturated heterocycles. The lowest BCUT2D eigenvalue weighted by Crippen LogP contribution is -2.28. The minimum atomic E-state index is -3.41. The molecule has 6 heteroatoms. The van der Waals surface area contributed by atoms with Crippen LogP contribution in [0.15, 0.2) is 35.4 Å². The van der Waals surface area contributed by atoms with E-state index in [0.29, 0.717) is 13.1 Å². The third-order valence-corrected chi connectivity index (χ3v) is 4.15. The van der Waals surface area contributed by atoms with Crippen molar-refractivity contribution in [3.63, 3.8) is 0 Å². The number of hydrogen-bond acceptors (Lipinski definition) is 3. The van der Waals surface area contributed by atoms with Crippen LogP contribution < -0.4 is 0 Å². The Hall–Kier alpha value is -0.910. The minimum absolute atomic E-state index is 0.184. The van der Waals surface area contributed by atoms with Crippen molar-refractivity contribution in [2.45, 2.75) is 4.90 Å². The van der Waals surface area contributed by atoms with Gasteiger partial charge in [0.2, 0.25) is 10.0 Å². The maximum Gasteiger partial charge on any atom is 0.243 e. The van der Waals surface area contributed by atoms with Gasteiger partial charge < -0.3 is 0 Å². The van der Waals surface area contributed by atoms with Crippen LogP contribution in [0, 0.1) is 0 Å². The molecular weight excluding hydrogens is 236 g/mol. The molecule has 1 aromatic heterocycles. The highest BCUT2D eigenvalue weighted by Crippen LogP contribution is 2.19. The number of pyridine rings is 1. The van der Waals surface area contributed by atoms with Crippen LogP contribution in [-0.2, 0) is 10.0 Å². The number of hydrogen-bond donors (Lipinski definition) is 0. The predicted octanol–water partition coefficient (Wildman–Crippen LogP) is 1.30. The fourth-order valence-electron chi connectivity index (χ4n) is 1.35. The van der Waals surface area contributed by atoms with E-state index in [-0.39, 0.29) is 10.0 Å². The van der Waals surface area contributed by atoms with Gasteiger partial charge in [0.1, 0.15) is 5.15 Å². The minimum Gasteiger partial charge on any atom is -0.244 e. The standard InChI is InChI=1S/C9H9ClN2O2S/c10-9-7-8(3-4-11-9)15(13,14)12-5-1-2-6-12/h1-4,7H,5-6H2. The molecule has 0 aromatic carbocycles. The SMILES string of the molecule is O=S(=O)(c1ccnc(Cl)c1)N1CC=CC1. The zero-order valence-corrected chi connectivity index (χ0v) is 9.37. The molecule has 1 aliphatic rings. The third kappa shape index (κ3) is 2.04. The van der Waals surface area contributed by atoms with Gasteiger partial charge in [0.05, 0.1) is 4.90 Å². The Morgan fingerprint density at radius 1 is 1.33 bits per heavy atom. The lowest BCUT2D eigenvalue weighted by molar-refractivity contribution is 0.488. The average molecular weight is 245 g/mol. The summed E-state index contributed by atoms with van der Waals surface area (Å²) in [5.41, 5.74) is 0. The summed E-state index contributed by atoms with van der Waals surface area (Å²) >= 11 is 5.65. The number of halogens is 1. The summed E-state index contributed by atoms with van der Waals surface area (Å²) in [5.74, 6) is 0. The summed E-state index contributed by atoms with van der Waals surface area (Å²) in [6.07, 6.45) is 5.03. The molecule has 4 nitrogen and oxygen atoms in total. The molecule has 2 heterocycles. The summed E-state index contributed by atoms with van der Waals surface area (Å²) in [4.78, 5) is 3.93. The van der Waals surface area contributed by atoms with Crippen molar-refractivity contribution in [2.24, 2.45) is 0 Å². The fraction of sp³-hybridized carbons (Fsp3) is 0.222. The zero-order valence-electron chi connectivity index (χ0n) is 7.80. The summed E-state index contributed by atoms with van der Waals surface area (Å²) in [5, 5.41) is 0.184. The molecule has 80 valence electrons. The van der Waals surface area contributed by atoms with E-state index in [1.807, 2.05) is 12.2 Å². The molecule has 2 rings (SSSR count). The first kappa shape index (κ1) is 10.6. The van der Waals surface area contributed by atoms with Crippen LogP contribution in [0.4, 0.5) is 0 Å². The quantitative estimate of drug-likeness (QED) is 0.582. The lowest BCUT2D eigenvalue weighted by atomic mass is 10.5. The average Bonchev–Trinajstić information content (AvgIpc) is 2.71. The highest BCUT2D eigenvalue weighted by molar-refractivity contribution is 7.89. The fourth-order valence-corrected chi connectivity index (χ4v) is 2.94. The van der Waals surface area contributed by atoms with Crippen molar-refractivity contribution in [3.05, 3.63) is 35.6 Å². The maximum atomic E-state index is 12.0. The Morgan fingerprint density at radius 2 is 2.00 bits per heavy atom. The molecule has 1 aromatic rings. The summed E-state index contributed by atoms with van der Waals surface area (Å²) in [7, 11) is -3.41. The van der Waals surface area contributed by atoms with E-state index in [1.54, 1.807) is 0 Å². The van der Waals surface area contributed by atoms with Crippen molar-refractivity contribution in [1.29, 1.82) is 0 Å². The summed E-state index contributed by atoms with van der Waals surface area (Å²) in [6, 6.07) is 2.80. The molecular formula is C9H9ClN2O2S. The van der Waals surface area contributed by atoms with Gasteiger partial charge in [-0.2, -0.15) is 4.31 Å². The van der Waals surface area contributed by atoms with Crippen LogP contribution in [-0.4, -0.2) is 30.8 Å². The van der Waals surface area contributed by atoms with Gasteiger partial charge in [-0.1, -0.05) is 23.8 Å². The number of sulfonamides is 1. The third-order valence-electron chi connectivity index (χ3n) is 2.12. The molecule has 0 bridgehead atoms. The number of rotatable bonds is 2. The first-order valence-electron chi connectivity index (χ1n) is 4.37. The van der Waals surface area contributed by atoms with Gasteiger partial charge in [0, 0.05) is 19.3 Å². The number of nitrogens with zero attached hydrogens (tertiary/aromatic N) is 2. The van der Waals surface area contributed by atoms with E-state index >= 15 is 0 Å². The van der Waals surface area contributed by atoms with E-state index in [0.717, 1.165) is 0 Å². The molecule has 1 aliphatic heterocycles. The second-order valence-corrected chi connectivity index (χ2v) is 5.43. The van der Waals surface area contributed by atoms with Gasteiger partial charge >= 0.3 is 0 Å². The number of aromatic nitrogens is 1. The van der Waals surface area contributed by atoms with Crippen molar-refractivity contribution < 1.29 is 8.42 Å². The molecule has 0 fully saturated rings. The molecule has 0 unspecified atom stereocenters. The second kappa shape index (κ2) is 3.92. The van der Waals surface area contributed by atoms with E-state index in [1.165, 1.54) is 22.6 Å². The topological polar surface area (TPSA) is 50.3 Å². The van der Waals surface area contributed by atoms with Gasteiger partial charge in [-0.3, -0.25) is 0 Å². The maximum absolute atomic E-state index is 12.0. The molecule has 0 spiro atoms. The Morgan fingerprint density at radius 3 is 2.60 bits per heavy atom. The Bertz CT molecular complexity index is 491. The van der Waals surface area contributed by atoms with Crippen LogP contribution in [0.25, 0.3) is 0 Å². The normalized spacial score (nSPS) is 17.1. The van der Waals surface area contributed by atoms with Crippen molar-refractivity contribution >= 4 is 21.6 Å². The molecule has 0 atom stereocenters. The Labute approximate surface area is 93.2 Å².